The number of nitrogens with one attached hydrogen (secondary N) is 2. The Morgan fingerprint density at radius 2 is 1.91 bits per heavy atom. The molecule has 0 bridgehead atoms. The number of carbonyl (C=O) groups is 1. The van der Waals surface area contributed by atoms with E-state index in [4.69, 9.17) is 17.3 Å². The van der Waals surface area contributed by atoms with Crippen LogP contribution < -0.4 is 16.0 Å². The smallest absolute Gasteiger partial charge is 0.240 e. The summed E-state index contributed by atoms with van der Waals surface area (Å²) in [5.74, 6) is 0.815. The zero-order chi connectivity index (χ0) is 24.1. The second kappa shape index (κ2) is 10.7. The maximum atomic E-state index is 13.1. The number of fused-ring (bicyclic) bond motifs is 1. The average molecular weight is 484 g/mol. The fourth-order valence-corrected chi connectivity index (χ4v) is 4.99. The number of halogens is 1. The monoisotopic (exact) mass is 483 g/mol. The maximum absolute atomic E-state index is 13.1. The zero-order valence-corrected chi connectivity index (χ0v) is 20.7. The van der Waals surface area contributed by atoms with Gasteiger partial charge in [0.1, 0.15) is 17.8 Å². The number of piperidine rings is 1. The van der Waals surface area contributed by atoms with Crippen molar-refractivity contribution in [1.29, 1.82) is 0 Å². The average Bonchev–Trinajstić information content (AvgIpc) is 3.34. The Labute approximate surface area is 205 Å². The Morgan fingerprint density at radius 3 is 2.59 bits per heavy atom. The molecule has 1 amide bonds. The van der Waals surface area contributed by atoms with Crippen LogP contribution in [-0.4, -0.2) is 64.0 Å². The normalized spacial score (nSPS) is 16.7. The molecule has 1 unspecified atom stereocenters. The highest BCUT2D eigenvalue weighted by atomic mass is 35.5. The Bertz CT molecular complexity index is 1090. The van der Waals surface area contributed by atoms with Gasteiger partial charge in [0, 0.05) is 36.9 Å². The van der Waals surface area contributed by atoms with Crippen molar-refractivity contribution >= 4 is 34.4 Å². The Hall–Kier alpha value is -2.68. The fraction of sp³-hybridized carbons (Fsp3) is 0.480. The molecule has 34 heavy (non-hydrogen) atoms. The first-order chi connectivity index (χ1) is 16.4. The first-order valence-electron chi connectivity index (χ1n) is 12.0. The van der Waals surface area contributed by atoms with E-state index in [1.165, 1.54) is 5.56 Å². The quantitative estimate of drug-likeness (QED) is 0.430. The predicted octanol–water partition coefficient (Wildman–Crippen LogP) is 3.50. The second-order valence-electron chi connectivity index (χ2n) is 8.91. The highest BCUT2D eigenvalue weighted by Crippen LogP contribution is 2.29. The van der Waals surface area contributed by atoms with E-state index in [2.05, 4.69) is 56.0 Å². The van der Waals surface area contributed by atoms with Crippen LogP contribution >= 0.6 is 11.6 Å². The first kappa shape index (κ1) is 24.4. The molecule has 0 radical (unpaired) electrons. The van der Waals surface area contributed by atoms with Crippen LogP contribution in [-0.2, 0) is 4.79 Å². The van der Waals surface area contributed by atoms with E-state index in [9.17, 15) is 4.79 Å². The van der Waals surface area contributed by atoms with Gasteiger partial charge >= 0.3 is 0 Å². The van der Waals surface area contributed by atoms with E-state index in [1.807, 2.05) is 24.4 Å². The summed E-state index contributed by atoms with van der Waals surface area (Å²) in [5.41, 5.74) is 7.74. The molecule has 9 heteroatoms. The second-order valence-corrected chi connectivity index (χ2v) is 9.35. The van der Waals surface area contributed by atoms with Crippen molar-refractivity contribution in [2.75, 3.05) is 37.6 Å². The molecule has 0 spiro atoms. The third-order valence-electron chi connectivity index (χ3n) is 6.95. The molecular formula is C25H34ClN7O. The molecule has 0 saturated carbocycles. The van der Waals surface area contributed by atoms with Gasteiger partial charge in [-0.2, -0.15) is 0 Å². The molecule has 182 valence electrons. The summed E-state index contributed by atoms with van der Waals surface area (Å²) < 4.78 is 0. The van der Waals surface area contributed by atoms with Gasteiger partial charge in [0.05, 0.1) is 10.9 Å². The lowest BCUT2D eigenvalue weighted by atomic mass is 9.87. The van der Waals surface area contributed by atoms with Crippen molar-refractivity contribution < 1.29 is 4.79 Å². The standard InChI is InChI=1S/C25H34ClN7O/c1-3-32(4-2)21(18-5-7-19(26)8-6-18)10-14-29-24(34)25(27)11-15-33(16-12-25)23-20-9-13-28-22(20)30-17-31-23/h5-9,13,17,21H,3-4,10-12,14-16,27H2,1-2H3,(H,29,34)(H,28,30,31). The van der Waals surface area contributed by atoms with Crippen LogP contribution in [0.25, 0.3) is 11.0 Å². The van der Waals surface area contributed by atoms with E-state index in [1.54, 1.807) is 6.33 Å². The molecular weight excluding hydrogens is 450 g/mol. The van der Waals surface area contributed by atoms with Gasteiger partial charge in [-0.05, 0) is 56.1 Å². The lowest BCUT2D eigenvalue weighted by Gasteiger charge is -2.39. The zero-order valence-electron chi connectivity index (χ0n) is 19.9. The summed E-state index contributed by atoms with van der Waals surface area (Å²) in [6.45, 7) is 8.11. The largest absolute Gasteiger partial charge is 0.356 e. The number of carbonyl (C=O) groups excluding carboxylic acids is 1. The van der Waals surface area contributed by atoms with Gasteiger partial charge < -0.3 is 20.9 Å². The van der Waals surface area contributed by atoms with Crippen molar-refractivity contribution in [3.8, 4) is 0 Å². The number of amides is 1. The minimum atomic E-state index is -0.869. The SMILES string of the molecule is CCN(CC)C(CCNC(=O)C1(N)CCN(c2ncnc3[nH]ccc23)CC1)c1ccc(Cl)cc1. The van der Waals surface area contributed by atoms with E-state index in [0.717, 1.165) is 41.4 Å². The van der Waals surface area contributed by atoms with Gasteiger partial charge in [-0.15, -0.1) is 0 Å². The predicted molar refractivity (Wildman–Crippen MR) is 137 cm³/mol. The molecule has 3 aromatic rings. The minimum Gasteiger partial charge on any atom is -0.356 e. The van der Waals surface area contributed by atoms with Crippen molar-refractivity contribution in [3.05, 3.63) is 53.4 Å². The van der Waals surface area contributed by atoms with Crippen LogP contribution in [0.3, 0.4) is 0 Å². The van der Waals surface area contributed by atoms with E-state index >= 15 is 0 Å². The summed E-state index contributed by atoms with van der Waals surface area (Å²) in [4.78, 5) is 29.5. The van der Waals surface area contributed by atoms with E-state index < -0.39 is 5.54 Å². The number of nitrogens with zero attached hydrogens (tertiary/aromatic N) is 4. The highest BCUT2D eigenvalue weighted by Gasteiger charge is 2.38. The van der Waals surface area contributed by atoms with Crippen LogP contribution in [0.15, 0.2) is 42.9 Å². The Morgan fingerprint density at radius 1 is 1.21 bits per heavy atom. The van der Waals surface area contributed by atoms with Gasteiger partial charge in [-0.25, -0.2) is 9.97 Å². The number of rotatable bonds is 9. The molecule has 1 fully saturated rings. The maximum Gasteiger partial charge on any atom is 0.240 e. The van der Waals surface area contributed by atoms with Crippen LogP contribution in [0.2, 0.25) is 5.02 Å². The van der Waals surface area contributed by atoms with Crippen molar-refractivity contribution in [1.82, 2.24) is 25.2 Å². The molecule has 1 saturated heterocycles. The summed E-state index contributed by atoms with van der Waals surface area (Å²) in [6.07, 6.45) is 5.39. The van der Waals surface area contributed by atoms with Crippen LogP contribution in [0.1, 0.15) is 44.7 Å². The number of hydrogen-bond donors (Lipinski definition) is 3. The van der Waals surface area contributed by atoms with Crippen LogP contribution in [0.5, 0.6) is 0 Å². The third-order valence-corrected chi connectivity index (χ3v) is 7.20. The number of hydrogen-bond acceptors (Lipinski definition) is 6. The Balaban J connectivity index is 1.35. The summed E-state index contributed by atoms with van der Waals surface area (Å²) in [5, 5.41) is 4.84. The molecule has 0 aliphatic carbocycles. The number of H-pyrrole nitrogens is 1. The number of aromatic amines is 1. The van der Waals surface area contributed by atoms with Gasteiger partial charge in [0.2, 0.25) is 5.91 Å². The third kappa shape index (κ3) is 5.19. The number of aromatic nitrogens is 3. The molecule has 4 N–H and O–H groups in total. The van der Waals surface area contributed by atoms with Gasteiger partial charge in [-0.3, -0.25) is 9.69 Å². The molecule has 1 aliphatic heterocycles. The Kier molecular flexibility index (Phi) is 7.70. The molecule has 2 aromatic heterocycles. The van der Waals surface area contributed by atoms with Crippen molar-refractivity contribution in [3.63, 3.8) is 0 Å². The molecule has 4 rings (SSSR count). The first-order valence-corrected chi connectivity index (χ1v) is 12.4. The summed E-state index contributed by atoms with van der Waals surface area (Å²) in [6, 6.07) is 10.2. The van der Waals surface area contributed by atoms with Gasteiger partial charge in [0.25, 0.3) is 0 Å². The lowest BCUT2D eigenvalue weighted by molar-refractivity contribution is -0.127. The van der Waals surface area contributed by atoms with Gasteiger partial charge in [0.15, 0.2) is 0 Å². The van der Waals surface area contributed by atoms with E-state index in [0.29, 0.717) is 32.5 Å². The minimum absolute atomic E-state index is 0.0731. The van der Waals surface area contributed by atoms with Crippen LogP contribution in [0.4, 0.5) is 5.82 Å². The number of anilines is 1. The summed E-state index contributed by atoms with van der Waals surface area (Å²) >= 11 is 6.09. The molecule has 1 aliphatic rings. The molecule has 1 aromatic carbocycles. The molecule has 1 atom stereocenters. The lowest BCUT2D eigenvalue weighted by Crippen LogP contribution is -2.60. The highest BCUT2D eigenvalue weighted by molar-refractivity contribution is 6.30. The van der Waals surface area contributed by atoms with Crippen molar-refractivity contribution in [2.24, 2.45) is 5.73 Å². The molecule has 3 heterocycles. The van der Waals surface area contributed by atoms with Crippen LogP contribution in [0, 0.1) is 0 Å². The fourth-order valence-electron chi connectivity index (χ4n) is 4.86. The van der Waals surface area contributed by atoms with Gasteiger partial charge in [-0.1, -0.05) is 37.6 Å². The number of benzene rings is 1. The molecule has 8 nitrogen and oxygen atoms in total. The topological polar surface area (TPSA) is 103 Å². The summed E-state index contributed by atoms with van der Waals surface area (Å²) in [7, 11) is 0. The van der Waals surface area contributed by atoms with Crippen molar-refractivity contribution in [2.45, 2.75) is 44.7 Å². The number of nitrogens with two attached hydrogens (primary N) is 1. The van der Waals surface area contributed by atoms with E-state index in [-0.39, 0.29) is 11.9 Å².